The van der Waals surface area contributed by atoms with Gasteiger partial charge in [0.05, 0.1) is 9.82 Å². The molecule has 0 bridgehead atoms. The van der Waals surface area contributed by atoms with Crippen molar-refractivity contribution in [1.29, 1.82) is 0 Å². The van der Waals surface area contributed by atoms with E-state index in [9.17, 15) is 23.3 Å². The normalized spacial score (nSPS) is 15.8. The van der Waals surface area contributed by atoms with Crippen LogP contribution in [0.2, 0.25) is 5.02 Å². The zero-order valence-electron chi connectivity index (χ0n) is 15.7. The Morgan fingerprint density at radius 3 is 2.38 bits per heavy atom. The summed E-state index contributed by atoms with van der Waals surface area (Å²) >= 11 is 5.75. The first-order chi connectivity index (χ1) is 13.7. The van der Waals surface area contributed by atoms with Crippen LogP contribution in [0.4, 0.5) is 11.4 Å². The number of nitrogens with zero attached hydrogens (tertiary/aromatic N) is 2. The first kappa shape index (κ1) is 21.2. The molecule has 0 radical (unpaired) electrons. The molecule has 1 fully saturated rings. The SMILES string of the molecule is CC1CCN(S(=O)(=O)c2ccc(NC(=O)c3ccc(Cl)c([N+](=O)[O-])c3)cc2)CC1. The molecule has 1 amide bonds. The molecule has 8 nitrogen and oxygen atoms in total. The van der Waals surface area contributed by atoms with Crippen molar-refractivity contribution in [3.63, 3.8) is 0 Å². The fourth-order valence-corrected chi connectivity index (χ4v) is 4.74. The highest BCUT2D eigenvalue weighted by atomic mass is 35.5. The van der Waals surface area contributed by atoms with E-state index in [1.54, 1.807) is 0 Å². The molecule has 29 heavy (non-hydrogen) atoms. The Kier molecular flexibility index (Phi) is 6.21. The van der Waals surface area contributed by atoms with E-state index in [-0.39, 0.29) is 21.2 Å². The van der Waals surface area contributed by atoms with Crippen LogP contribution in [0, 0.1) is 16.0 Å². The number of amides is 1. The zero-order chi connectivity index (χ0) is 21.2. The molecule has 0 spiro atoms. The van der Waals surface area contributed by atoms with Crippen LogP contribution >= 0.6 is 11.6 Å². The minimum atomic E-state index is -3.57. The summed E-state index contributed by atoms with van der Waals surface area (Å²) in [4.78, 5) is 22.8. The lowest BCUT2D eigenvalue weighted by molar-refractivity contribution is -0.384. The number of hydrogen-bond donors (Lipinski definition) is 1. The molecule has 2 aromatic carbocycles. The summed E-state index contributed by atoms with van der Waals surface area (Å²) in [5.74, 6) is -0.0480. The molecule has 1 aliphatic heterocycles. The van der Waals surface area contributed by atoms with Crippen LogP contribution in [0.3, 0.4) is 0 Å². The fraction of sp³-hybridized carbons (Fsp3) is 0.316. The summed E-state index contributed by atoms with van der Waals surface area (Å²) < 4.78 is 27.0. The van der Waals surface area contributed by atoms with E-state index < -0.39 is 20.9 Å². The number of carbonyl (C=O) groups excluding carboxylic acids is 1. The van der Waals surface area contributed by atoms with E-state index in [0.717, 1.165) is 18.9 Å². The van der Waals surface area contributed by atoms with E-state index in [1.807, 2.05) is 0 Å². The van der Waals surface area contributed by atoms with Crippen molar-refractivity contribution >= 4 is 38.9 Å². The summed E-state index contributed by atoms with van der Waals surface area (Å²) in [6.45, 7) is 3.10. The number of nitro groups is 1. The number of nitro benzene ring substituents is 1. The van der Waals surface area contributed by atoms with Crippen molar-refractivity contribution in [3.05, 3.63) is 63.2 Å². The van der Waals surface area contributed by atoms with Gasteiger partial charge in [0, 0.05) is 30.4 Å². The molecule has 1 N–H and O–H groups in total. The van der Waals surface area contributed by atoms with Crippen LogP contribution in [-0.4, -0.2) is 36.6 Å². The fourth-order valence-electron chi connectivity index (χ4n) is 3.08. The summed E-state index contributed by atoms with van der Waals surface area (Å²) in [7, 11) is -3.57. The molecular weight excluding hydrogens is 418 g/mol. The molecule has 2 aromatic rings. The molecule has 3 rings (SSSR count). The Morgan fingerprint density at radius 2 is 1.79 bits per heavy atom. The number of halogens is 1. The van der Waals surface area contributed by atoms with Crippen LogP contribution in [0.5, 0.6) is 0 Å². The van der Waals surface area contributed by atoms with Crippen LogP contribution in [0.15, 0.2) is 47.4 Å². The van der Waals surface area contributed by atoms with Crippen molar-refractivity contribution < 1.29 is 18.1 Å². The summed E-state index contributed by atoms with van der Waals surface area (Å²) in [5, 5.41) is 13.5. The van der Waals surface area contributed by atoms with Crippen LogP contribution in [0.1, 0.15) is 30.1 Å². The van der Waals surface area contributed by atoms with Gasteiger partial charge in [-0.3, -0.25) is 14.9 Å². The lowest BCUT2D eigenvalue weighted by Crippen LogP contribution is -2.37. The molecule has 10 heteroatoms. The van der Waals surface area contributed by atoms with Crippen molar-refractivity contribution in [2.75, 3.05) is 18.4 Å². The second kappa shape index (κ2) is 8.48. The monoisotopic (exact) mass is 437 g/mol. The molecule has 1 saturated heterocycles. The number of carbonyl (C=O) groups is 1. The van der Waals surface area contributed by atoms with Gasteiger partial charge in [-0.1, -0.05) is 18.5 Å². The summed E-state index contributed by atoms with van der Waals surface area (Å²) in [5.41, 5.74) is 0.0793. The Balaban J connectivity index is 1.73. The lowest BCUT2D eigenvalue weighted by Gasteiger charge is -2.29. The summed E-state index contributed by atoms with van der Waals surface area (Å²) in [6, 6.07) is 9.60. The quantitative estimate of drug-likeness (QED) is 0.563. The van der Waals surface area contributed by atoms with E-state index >= 15 is 0 Å². The smallest absolute Gasteiger partial charge is 0.288 e. The van der Waals surface area contributed by atoms with Crippen LogP contribution < -0.4 is 5.32 Å². The third-order valence-electron chi connectivity index (χ3n) is 4.90. The van der Waals surface area contributed by atoms with E-state index in [2.05, 4.69) is 12.2 Å². The van der Waals surface area contributed by atoms with Gasteiger partial charge in [-0.2, -0.15) is 4.31 Å². The van der Waals surface area contributed by atoms with E-state index in [4.69, 9.17) is 11.6 Å². The molecule has 0 aromatic heterocycles. The Morgan fingerprint density at radius 1 is 1.17 bits per heavy atom. The molecule has 1 heterocycles. The molecule has 0 aliphatic carbocycles. The largest absolute Gasteiger partial charge is 0.322 e. The molecule has 0 atom stereocenters. The topological polar surface area (TPSA) is 110 Å². The minimum Gasteiger partial charge on any atom is -0.322 e. The Bertz CT molecular complexity index is 1030. The Hall–Kier alpha value is -2.49. The lowest BCUT2D eigenvalue weighted by atomic mass is 10.0. The highest BCUT2D eigenvalue weighted by Crippen LogP contribution is 2.26. The second-order valence-corrected chi connectivity index (χ2v) is 9.33. The van der Waals surface area contributed by atoms with Gasteiger partial charge in [-0.05, 0) is 55.2 Å². The molecule has 0 unspecified atom stereocenters. The Labute approximate surface area is 173 Å². The molecule has 0 saturated carbocycles. The van der Waals surface area contributed by atoms with Crippen molar-refractivity contribution in [2.24, 2.45) is 5.92 Å². The van der Waals surface area contributed by atoms with Gasteiger partial charge in [0.2, 0.25) is 10.0 Å². The van der Waals surface area contributed by atoms with Gasteiger partial charge in [0.25, 0.3) is 11.6 Å². The number of benzene rings is 2. The number of anilines is 1. The maximum absolute atomic E-state index is 12.7. The number of rotatable bonds is 5. The van der Waals surface area contributed by atoms with Gasteiger partial charge in [-0.15, -0.1) is 0 Å². The van der Waals surface area contributed by atoms with E-state index in [0.29, 0.717) is 24.7 Å². The third kappa shape index (κ3) is 4.75. The van der Waals surface area contributed by atoms with Gasteiger partial charge in [-0.25, -0.2) is 8.42 Å². The average Bonchev–Trinajstić information content (AvgIpc) is 2.69. The number of hydrogen-bond acceptors (Lipinski definition) is 5. The predicted molar refractivity (Wildman–Crippen MR) is 110 cm³/mol. The molecule has 154 valence electrons. The summed E-state index contributed by atoms with van der Waals surface area (Å²) in [6.07, 6.45) is 1.67. The van der Waals surface area contributed by atoms with Crippen molar-refractivity contribution in [1.82, 2.24) is 4.31 Å². The predicted octanol–water partition coefficient (Wildman–Crippen LogP) is 3.92. The zero-order valence-corrected chi connectivity index (χ0v) is 17.2. The average molecular weight is 438 g/mol. The van der Waals surface area contributed by atoms with Crippen molar-refractivity contribution in [3.8, 4) is 0 Å². The number of sulfonamides is 1. The van der Waals surface area contributed by atoms with Crippen LogP contribution in [0.25, 0.3) is 0 Å². The molecule has 1 aliphatic rings. The standard InChI is InChI=1S/C19H20ClN3O5S/c1-13-8-10-22(11-9-13)29(27,28)16-5-3-15(4-6-16)21-19(24)14-2-7-17(20)18(12-14)23(25)26/h2-7,12-13H,8-11H2,1H3,(H,21,24). The highest BCUT2D eigenvalue weighted by Gasteiger charge is 2.28. The minimum absolute atomic E-state index is 0.0618. The highest BCUT2D eigenvalue weighted by molar-refractivity contribution is 7.89. The van der Waals surface area contributed by atoms with Gasteiger partial charge in [0.1, 0.15) is 5.02 Å². The number of piperidine rings is 1. The number of nitrogens with one attached hydrogen (secondary N) is 1. The first-order valence-electron chi connectivity index (χ1n) is 9.04. The molecular formula is C19H20ClN3O5S. The maximum Gasteiger partial charge on any atom is 0.288 e. The van der Waals surface area contributed by atoms with Gasteiger partial charge >= 0.3 is 0 Å². The maximum atomic E-state index is 12.7. The van der Waals surface area contributed by atoms with Crippen LogP contribution in [-0.2, 0) is 10.0 Å². The first-order valence-corrected chi connectivity index (χ1v) is 10.9. The van der Waals surface area contributed by atoms with Crippen molar-refractivity contribution in [2.45, 2.75) is 24.7 Å². The third-order valence-corrected chi connectivity index (χ3v) is 7.13. The second-order valence-electron chi connectivity index (χ2n) is 6.99. The van der Waals surface area contributed by atoms with Gasteiger partial charge < -0.3 is 5.32 Å². The van der Waals surface area contributed by atoms with Gasteiger partial charge in [0.15, 0.2) is 0 Å². The van der Waals surface area contributed by atoms with E-state index in [1.165, 1.54) is 40.7 Å².